The number of carbonyl (C=O) groups is 2. The molecule has 3 aromatic rings. The van der Waals surface area contributed by atoms with Gasteiger partial charge in [0.15, 0.2) is 0 Å². The number of carboxylic acids is 1. The predicted molar refractivity (Wildman–Crippen MR) is 133 cm³/mol. The molecule has 5 rings (SSSR count). The minimum absolute atomic E-state index is 0.193. The van der Waals surface area contributed by atoms with E-state index in [-0.39, 0.29) is 11.9 Å². The number of benzene rings is 2. The predicted octanol–water partition coefficient (Wildman–Crippen LogP) is 4.05. The van der Waals surface area contributed by atoms with Crippen molar-refractivity contribution < 1.29 is 19.4 Å². The molecule has 1 atom stereocenters. The Morgan fingerprint density at radius 2 is 1.91 bits per heavy atom. The largest absolute Gasteiger partial charge is 0.490 e. The second kappa shape index (κ2) is 9.61. The fourth-order valence-electron chi connectivity index (χ4n) is 4.52. The van der Waals surface area contributed by atoms with Gasteiger partial charge in [0.2, 0.25) is 5.95 Å². The number of rotatable bonds is 5. The van der Waals surface area contributed by atoms with Gasteiger partial charge in [-0.05, 0) is 42.2 Å². The van der Waals surface area contributed by atoms with E-state index < -0.39 is 5.97 Å². The van der Waals surface area contributed by atoms with Crippen molar-refractivity contribution in [3.05, 3.63) is 60.4 Å². The van der Waals surface area contributed by atoms with E-state index in [2.05, 4.69) is 22.2 Å². The zero-order valence-corrected chi connectivity index (χ0v) is 19.5. The van der Waals surface area contributed by atoms with Crippen molar-refractivity contribution in [1.82, 2.24) is 9.97 Å². The topological polar surface area (TPSA) is 108 Å². The molecule has 0 saturated carbocycles. The van der Waals surface area contributed by atoms with E-state index in [4.69, 9.17) is 4.74 Å². The molecule has 2 aliphatic heterocycles. The molecule has 1 fully saturated rings. The van der Waals surface area contributed by atoms with Crippen LogP contribution < -0.4 is 19.9 Å². The molecule has 0 spiro atoms. The quantitative estimate of drug-likeness (QED) is 0.576. The van der Waals surface area contributed by atoms with Gasteiger partial charge < -0.3 is 20.1 Å². The number of carboxylic acid groups (broad SMARTS) is 1. The van der Waals surface area contributed by atoms with Gasteiger partial charge in [-0.3, -0.25) is 9.69 Å². The molecule has 2 N–H and O–H groups in total. The van der Waals surface area contributed by atoms with Crippen molar-refractivity contribution in [2.75, 3.05) is 41.4 Å². The first kappa shape index (κ1) is 22.6. The lowest BCUT2D eigenvalue weighted by Gasteiger charge is -2.30. The number of ether oxygens (including phenoxy) is 1. The van der Waals surface area contributed by atoms with Crippen molar-refractivity contribution in [3.63, 3.8) is 0 Å². The lowest BCUT2D eigenvalue weighted by atomic mass is 10.1. The van der Waals surface area contributed by atoms with E-state index in [0.717, 1.165) is 28.8 Å². The zero-order chi connectivity index (χ0) is 24.4. The number of nitrogens with one attached hydrogen (secondary N) is 1. The molecule has 0 aliphatic carbocycles. The minimum Gasteiger partial charge on any atom is -0.490 e. The summed E-state index contributed by atoms with van der Waals surface area (Å²) >= 11 is 0. The summed E-state index contributed by atoms with van der Waals surface area (Å²) in [7, 11) is 0. The molecule has 1 saturated heterocycles. The number of hydrogen-bond donors (Lipinski definition) is 2. The molecule has 0 bridgehead atoms. The Labute approximate surface area is 203 Å². The standard InChI is InChI=1S/C26H27N5O4/c1-2-17-5-3-4-6-21(17)29-26(34)31-11-12-35-23-13-18(7-8-22(23)31)20-14-27-25(28-15-20)30-10-9-19(16-30)24(32)33/h3-8,13-15,19H,2,9-12,16H2,1H3,(H,29,34)(H,32,33). The monoisotopic (exact) mass is 473 g/mol. The van der Waals surface area contributed by atoms with Crippen LogP contribution in [0, 0.1) is 5.92 Å². The molecule has 35 heavy (non-hydrogen) atoms. The van der Waals surface area contributed by atoms with Gasteiger partial charge in [0.25, 0.3) is 0 Å². The molecule has 9 heteroatoms. The molecule has 9 nitrogen and oxygen atoms in total. The Morgan fingerprint density at radius 3 is 2.66 bits per heavy atom. The molecular weight excluding hydrogens is 446 g/mol. The number of aromatic nitrogens is 2. The number of para-hydroxylation sites is 1. The molecule has 3 heterocycles. The Hall–Kier alpha value is -4.14. The summed E-state index contributed by atoms with van der Waals surface area (Å²) in [5.74, 6) is -0.00957. The van der Waals surface area contributed by atoms with Crippen LogP contribution in [0.3, 0.4) is 0 Å². The third kappa shape index (κ3) is 4.62. The zero-order valence-electron chi connectivity index (χ0n) is 19.5. The summed E-state index contributed by atoms with van der Waals surface area (Å²) in [5.41, 5.74) is 4.29. The van der Waals surface area contributed by atoms with Crippen LogP contribution >= 0.6 is 0 Å². The van der Waals surface area contributed by atoms with E-state index in [9.17, 15) is 14.7 Å². The van der Waals surface area contributed by atoms with Crippen molar-refractivity contribution >= 4 is 29.3 Å². The van der Waals surface area contributed by atoms with E-state index >= 15 is 0 Å². The highest BCUT2D eigenvalue weighted by molar-refractivity contribution is 6.03. The van der Waals surface area contributed by atoms with Crippen molar-refractivity contribution in [1.29, 1.82) is 0 Å². The number of urea groups is 1. The maximum absolute atomic E-state index is 13.1. The average molecular weight is 474 g/mol. The van der Waals surface area contributed by atoms with Crippen LogP contribution in [-0.4, -0.2) is 53.3 Å². The number of carbonyl (C=O) groups excluding carboxylic acids is 1. The summed E-state index contributed by atoms with van der Waals surface area (Å²) in [5, 5.41) is 12.2. The summed E-state index contributed by atoms with van der Waals surface area (Å²) < 4.78 is 5.87. The molecule has 1 aromatic heterocycles. The molecule has 2 aliphatic rings. The fraction of sp³-hybridized carbons (Fsp3) is 0.308. The van der Waals surface area contributed by atoms with Gasteiger partial charge in [0.05, 0.1) is 18.2 Å². The van der Waals surface area contributed by atoms with Gasteiger partial charge in [0, 0.05) is 36.7 Å². The Morgan fingerprint density at radius 1 is 1.11 bits per heavy atom. The second-order valence-electron chi connectivity index (χ2n) is 8.67. The first-order chi connectivity index (χ1) is 17.0. The minimum atomic E-state index is -0.782. The number of aryl methyl sites for hydroxylation is 1. The van der Waals surface area contributed by atoms with Gasteiger partial charge in [-0.1, -0.05) is 31.2 Å². The maximum atomic E-state index is 13.1. The normalized spacial score (nSPS) is 17.0. The number of aliphatic carboxylic acids is 1. The second-order valence-corrected chi connectivity index (χ2v) is 8.67. The number of nitrogens with zero attached hydrogens (tertiary/aromatic N) is 4. The highest BCUT2D eigenvalue weighted by Gasteiger charge is 2.29. The van der Waals surface area contributed by atoms with Crippen LogP contribution in [0.4, 0.5) is 22.1 Å². The lowest BCUT2D eigenvalue weighted by Crippen LogP contribution is -2.40. The van der Waals surface area contributed by atoms with Gasteiger partial charge in [-0.15, -0.1) is 0 Å². The Bertz CT molecular complexity index is 1250. The van der Waals surface area contributed by atoms with Crippen LogP contribution in [-0.2, 0) is 11.2 Å². The summed E-state index contributed by atoms with van der Waals surface area (Å²) in [6.45, 7) is 3.96. The number of anilines is 3. The highest BCUT2D eigenvalue weighted by atomic mass is 16.5. The fourth-order valence-corrected chi connectivity index (χ4v) is 4.52. The van der Waals surface area contributed by atoms with E-state index in [1.807, 2.05) is 47.4 Å². The maximum Gasteiger partial charge on any atom is 0.326 e. The molecule has 2 amide bonds. The first-order valence-electron chi connectivity index (χ1n) is 11.8. The number of amides is 2. The third-order valence-electron chi connectivity index (χ3n) is 6.50. The third-order valence-corrected chi connectivity index (χ3v) is 6.50. The van der Waals surface area contributed by atoms with Crippen molar-refractivity contribution in [2.45, 2.75) is 19.8 Å². The summed E-state index contributed by atoms with van der Waals surface area (Å²) in [6, 6.07) is 13.3. The number of hydrogen-bond acceptors (Lipinski definition) is 6. The molecule has 180 valence electrons. The molecular formula is C26H27N5O4. The van der Waals surface area contributed by atoms with E-state index in [1.54, 1.807) is 17.3 Å². The Balaban J connectivity index is 1.32. The van der Waals surface area contributed by atoms with Crippen molar-refractivity contribution in [2.24, 2.45) is 5.92 Å². The highest BCUT2D eigenvalue weighted by Crippen LogP contribution is 2.36. The van der Waals surface area contributed by atoms with Crippen LogP contribution in [0.25, 0.3) is 11.1 Å². The lowest BCUT2D eigenvalue weighted by molar-refractivity contribution is -0.140. The van der Waals surface area contributed by atoms with Crippen molar-refractivity contribution in [3.8, 4) is 16.9 Å². The first-order valence-corrected chi connectivity index (χ1v) is 11.8. The van der Waals surface area contributed by atoms with Gasteiger partial charge in [-0.25, -0.2) is 14.8 Å². The van der Waals surface area contributed by atoms with E-state index in [1.165, 1.54) is 0 Å². The summed E-state index contributed by atoms with van der Waals surface area (Å²) in [6.07, 6.45) is 4.88. The van der Waals surface area contributed by atoms with Crippen LogP contribution in [0.1, 0.15) is 18.9 Å². The molecule has 2 aromatic carbocycles. The SMILES string of the molecule is CCc1ccccc1NC(=O)N1CCOc2cc(-c3cnc(N4CCC(C(=O)O)C4)nc3)ccc21. The molecule has 1 unspecified atom stereocenters. The molecule has 0 radical (unpaired) electrons. The number of fused-ring (bicyclic) bond motifs is 1. The van der Waals surface area contributed by atoms with Gasteiger partial charge in [0.1, 0.15) is 12.4 Å². The summed E-state index contributed by atoms with van der Waals surface area (Å²) in [4.78, 5) is 36.8. The van der Waals surface area contributed by atoms with Crippen LogP contribution in [0.2, 0.25) is 0 Å². The van der Waals surface area contributed by atoms with Crippen LogP contribution in [0.5, 0.6) is 5.75 Å². The van der Waals surface area contributed by atoms with Crippen LogP contribution in [0.15, 0.2) is 54.9 Å². The Kier molecular flexibility index (Phi) is 6.22. The van der Waals surface area contributed by atoms with Gasteiger partial charge in [-0.2, -0.15) is 0 Å². The van der Waals surface area contributed by atoms with Gasteiger partial charge >= 0.3 is 12.0 Å². The van der Waals surface area contributed by atoms with E-state index in [0.29, 0.717) is 50.0 Å². The smallest absolute Gasteiger partial charge is 0.326 e. The average Bonchev–Trinajstić information content (AvgIpc) is 3.39.